The summed E-state index contributed by atoms with van der Waals surface area (Å²) < 4.78 is 5.15. The average Bonchev–Trinajstić information content (AvgIpc) is 3.74. The van der Waals surface area contributed by atoms with Crippen LogP contribution in [0.25, 0.3) is 0 Å². The molecule has 11 atom stereocenters. The summed E-state index contributed by atoms with van der Waals surface area (Å²) in [5.41, 5.74) is 19.7. The van der Waals surface area contributed by atoms with Gasteiger partial charge in [0.05, 0.1) is 29.4 Å². The van der Waals surface area contributed by atoms with E-state index in [1.54, 1.807) is 12.1 Å². The molecule has 2 aliphatic heterocycles. The van der Waals surface area contributed by atoms with Crippen molar-refractivity contribution in [3.05, 3.63) is 251 Å². The van der Waals surface area contributed by atoms with Crippen LogP contribution < -0.4 is 28.4 Å². The van der Waals surface area contributed by atoms with Crippen LogP contribution in [0.15, 0.2) is 206 Å². The maximum Gasteiger partial charge on any atom is 2.00 e. The van der Waals surface area contributed by atoms with Crippen LogP contribution in [0.2, 0.25) is 0 Å². The van der Waals surface area contributed by atoms with Crippen LogP contribution >= 0.6 is 0 Å². The molecule has 8 aliphatic rings. The zero-order valence-electron chi connectivity index (χ0n) is 49.0. The molecule has 6 saturated carbocycles. The van der Waals surface area contributed by atoms with Gasteiger partial charge in [0.15, 0.2) is 0 Å². The number of benzene rings is 7. The number of Topliss-reactive ketones (excluding diaryl/α,β-unsaturated/α-hetero) is 1. The molecule has 7 fully saturated rings. The first-order valence-electron chi connectivity index (χ1n) is 30.7. The molecule has 0 radical (unpaired) electrons. The van der Waals surface area contributed by atoms with Gasteiger partial charge in [-0.25, -0.2) is 0 Å². The van der Waals surface area contributed by atoms with Gasteiger partial charge < -0.3 is 38.3 Å². The molecular weight excluding hydrogens is 1120 g/mol. The van der Waals surface area contributed by atoms with Crippen molar-refractivity contribution < 1.29 is 41.2 Å². The number of halogens is 1. The van der Waals surface area contributed by atoms with E-state index < -0.39 is 0 Å². The van der Waals surface area contributed by atoms with E-state index in [0.717, 1.165) is 51.4 Å². The number of rotatable bonds is 6. The molecule has 0 aromatic heterocycles. The Morgan fingerprint density at radius 3 is 1.12 bits per heavy atom. The Balaban J connectivity index is 0.000000145. The third-order valence-corrected chi connectivity index (χ3v) is 17.9. The number of hydrogen-bond donors (Lipinski definition) is 3. The molecule has 8 nitrogen and oxygen atoms in total. The number of amides is 2. The molecule has 15 rings (SSSR count). The van der Waals surface area contributed by atoms with E-state index in [-0.39, 0.29) is 75.8 Å². The van der Waals surface area contributed by atoms with Gasteiger partial charge in [-0.3, -0.25) is 19.3 Å². The van der Waals surface area contributed by atoms with Crippen molar-refractivity contribution in [3.63, 3.8) is 0 Å². The minimum Gasteiger partial charge on any atom is -1.00 e. The second kappa shape index (κ2) is 34.5. The van der Waals surface area contributed by atoms with Gasteiger partial charge >= 0.3 is 23.1 Å². The normalized spacial score (nSPS) is 26.3. The zero-order chi connectivity index (χ0) is 56.9. The Morgan fingerprint density at radius 1 is 0.405 bits per heavy atom. The van der Waals surface area contributed by atoms with Gasteiger partial charge in [-0.2, -0.15) is 36.4 Å². The van der Waals surface area contributed by atoms with E-state index in [2.05, 4.69) is 91.0 Å². The predicted molar refractivity (Wildman–Crippen MR) is 336 cm³/mol. The van der Waals surface area contributed by atoms with Crippen LogP contribution in [0.1, 0.15) is 194 Å². The van der Waals surface area contributed by atoms with Crippen molar-refractivity contribution in [2.24, 2.45) is 11.5 Å². The van der Waals surface area contributed by atoms with Crippen molar-refractivity contribution in [2.75, 3.05) is 0 Å². The summed E-state index contributed by atoms with van der Waals surface area (Å²) in [6.45, 7) is 0. The molecule has 1 saturated heterocycles. The number of hydrogen-bond acceptors (Lipinski definition) is 7. The number of nitrogens with two attached hydrogens (primary N) is 2. The van der Waals surface area contributed by atoms with E-state index in [0.29, 0.717) is 59.0 Å². The molecule has 84 heavy (non-hydrogen) atoms. The summed E-state index contributed by atoms with van der Waals surface area (Å²) in [4.78, 5) is 38.2. The van der Waals surface area contributed by atoms with Crippen LogP contribution in [-0.4, -0.2) is 87.1 Å². The van der Waals surface area contributed by atoms with Gasteiger partial charge in [-0.15, -0.1) is 0 Å². The third-order valence-electron chi connectivity index (χ3n) is 17.9. The second-order valence-electron chi connectivity index (χ2n) is 23.3. The molecular formula is C74H86BrMgN3O5. The van der Waals surface area contributed by atoms with Crippen molar-refractivity contribution in [1.29, 1.82) is 0 Å². The molecule has 2 amide bonds. The molecule has 5 N–H and O–H groups in total. The summed E-state index contributed by atoms with van der Waals surface area (Å²) in [6.07, 6.45) is 22.1. The molecule has 2 heterocycles. The SMILES string of the molecule is C1CC2OC2C1.N[C@@H]1CCC[C@@H]1c1ccccc1.N[C@H]1CCC[C@@H]1c1ccccc1.O=C1CCCC1c1ccccc1.O=C1c2ccccc2C(=O)N1[C@@H]1CCC[C@@H]1c1ccccc1.O[C@H]1CCC[C@@H]1c1ccccc1.[Br-].[Mg+2].[c-]1ccccc1. The number of fused-ring (bicyclic) bond motifs is 2. The summed E-state index contributed by atoms with van der Waals surface area (Å²) in [5.74, 6) is 2.24. The minimum atomic E-state index is -0.131. The van der Waals surface area contributed by atoms with Gasteiger partial charge in [0.2, 0.25) is 0 Å². The molecule has 0 bridgehead atoms. The standard InChI is InChI=1S/C19H17NO2.2C11H15N.C11H14O.C11H12O.C6H5.C5H8O.BrH.Mg/c21-18-15-9-4-5-10-16(15)19(22)20(18)17-12-6-11-14(17)13-7-2-1-3-8-13;4*12-11-8-4-7-10(11)9-5-2-1-3-6-9;1-2-4-6-5-3-1;1-2-4-5(3-1)6-4;;/h1-5,7-10,14,17H,6,11-12H2;2*1-3,5-6,10-11H,4,7-8,12H2;1-3,5-6,10-12H,4,7-8H2;1-3,5-6,10H,4,7-8H2;1-5H;4-5H,1-3H2;1H;/q;;;;;-1;;;+2/p-1/t14-,17-;10-,11+;10-,11-;10-,11+;;;;;/m1111...../s1. The quantitative estimate of drug-likeness (QED) is 0.0652. The van der Waals surface area contributed by atoms with E-state index in [9.17, 15) is 19.5 Å². The maximum atomic E-state index is 12.7. The molecule has 436 valence electrons. The summed E-state index contributed by atoms with van der Waals surface area (Å²) in [6, 6.07) is 72.3. The Bertz CT molecular complexity index is 2800. The average molecular weight is 1200 g/mol. The molecule has 10 heteroatoms. The number of carbonyl (C=O) groups excluding carboxylic acids is 3. The second-order valence-corrected chi connectivity index (χ2v) is 23.3. The number of carbonyl (C=O) groups is 3. The number of aliphatic hydroxyl groups is 1. The number of imide groups is 1. The Hall–Kier alpha value is -5.56. The van der Waals surface area contributed by atoms with Crippen LogP contribution in [0.4, 0.5) is 0 Å². The largest absolute Gasteiger partial charge is 2.00 e. The van der Waals surface area contributed by atoms with Crippen LogP contribution in [-0.2, 0) is 9.53 Å². The molecule has 7 aromatic carbocycles. The topological polar surface area (TPSA) is 139 Å². The van der Waals surface area contributed by atoms with Crippen molar-refractivity contribution >= 4 is 40.7 Å². The van der Waals surface area contributed by atoms with E-state index in [4.69, 9.17) is 16.2 Å². The van der Waals surface area contributed by atoms with E-state index in [1.165, 1.54) is 96.9 Å². The third kappa shape index (κ3) is 18.5. The summed E-state index contributed by atoms with van der Waals surface area (Å²) in [5, 5.41) is 9.64. The number of aliphatic hydroxyl groups excluding tert-OH is 1. The predicted octanol–water partition coefficient (Wildman–Crippen LogP) is 12.1. The van der Waals surface area contributed by atoms with Crippen LogP contribution in [0, 0.1) is 6.07 Å². The Labute approximate surface area is 527 Å². The van der Waals surface area contributed by atoms with Crippen molar-refractivity contribution in [2.45, 2.75) is 182 Å². The molecule has 3 unspecified atom stereocenters. The molecule has 7 aromatic rings. The van der Waals surface area contributed by atoms with Gasteiger partial charge in [0, 0.05) is 42.3 Å². The summed E-state index contributed by atoms with van der Waals surface area (Å²) in [7, 11) is 0. The maximum absolute atomic E-state index is 12.7. The fourth-order valence-corrected chi connectivity index (χ4v) is 13.5. The van der Waals surface area contributed by atoms with Gasteiger partial charge in [0.25, 0.3) is 11.8 Å². The molecule has 6 aliphatic carbocycles. The smallest absolute Gasteiger partial charge is 1.00 e. The summed E-state index contributed by atoms with van der Waals surface area (Å²) >= 11 is 0. The number of ether oxygens (including phenoxy) is 1. The number of epoxide rings is 1. The van der Waals surface area contributed by atoms with Gasteiger partial charge in [0.1, 0.15) is 5.78 Å². The number of nitrogens with zero attached hydrogens (tertiary/aromatic N) is 1. The Kier molecular flexibility index (Phi) is 27.1. The number of ketones is 1. The molecule has 0 spiro atoms. The van der Waals surface area contributed by atoms with E-state index >= 15 is 0 Å². The van der Waals surface area contributed by atoms with Crippen LogP contribution in [0.5, 0.6) is 0 Å². The first-order valence-corrected chi connectivity index (χ1v) is 30.7. The van der Waals surface area contributed by atoms with Crippen molar-refractivity contribution in [3.8, 4) is 0 Å². The van der Waals surface area contributed by atoms with Gasteiger partial charge in [-0.05, 0) is 135 Å². The fraction of sp³-hybridized carbons (Fsp3) is 0.392. The first kappa shape index (κ1) is 66.0. The monoisotopic (exact) mass is 1200 g/mol. The van der Waals surface area contributed by atoms with Crippen LogP contribution in [0.3, 0.4) is 0 Å². The van der Waals surface area contributed by atoms with E-state index in [1.807, 2.05) is 109 Å². The fourth-order valence-electron chi connectivity index (χ4n) is 13.5. The minimum absolute atomic E-state index is 0. The van der Waals surface area contributed by atoms with Crippen molar-refractivity contribution in [1.82, 2.24) is 4.90 Å². The van der Waals surface area contributed by atoms with Gasteiger partial charge in [-0.1, -0.05) is 189 Å². The first-order chi connectivity index (χ1) is 40.2. The Morgan fingerprint density at radius 2 is 0.774 bits per heavy atom. The zero-order valence-corrected chi connectivity index (χ0v) is 52.0.